The molecule has 1 atom stereocenters. The average Bonchev–Trinajstić information content (AvgIpc) is 2.53. The van der Waals surface area contributed by atoms with Crippen molar-refractivity contribution in [3.05, 3.63) is 68.4 Å². The van der Waals surface area contributed by atoms with E-state index in [1.165, 1.54) is 40.1 Å². The molecule has 2 aromatic rings. The molecule has 0 saturated carbocycles. The SMILES string of the molecule is CC[C@H]1C=c2ccc3c(c2CC1)CC=c1ccccc1=3. The molecule has 100 valence electrons. The van der Waals surface area contributed by atoms with Gasteiger partial charge in [0, 0.05) is 0 Å². The van der Waals surface area contributed by atoms with Gasteiger partial charge in [-0.3, -0.25) is 0 Å². The molecule has 0 unspecified atom stereocenters. The first kappa shape index (κ1) is 12.0. The van der Waals surface area contributed by atoms with Crippen molar-refractivity contribution in [2.24, 2.45) is 5.92 Å². The van der Waals surface area contributed by atoms with Crippen LogP contribution in [0.25, 0.3) is 12.2 Å². The Morgan fingerprint density at radius 1 is 0.950 bits per heavy atom. The fourth-order valence-electron chi connectivity index (χ4n) is 3.77. The lowest BCUT2D eigenvalue weighted by atomic mass is 9.84. The molecule has 0 nitrogen and oxygen atoms in total. The van der Waals surface area contributed by atoms with Gasteiger partial charge < -0.3 is 0 Å². The van der Waals surface area contributed by atoms with E-state index >= 15 is 0 Å². The van der Waals surface area contributed by atoms with Gasteiger partial charge in [0.05, 0.1) is 0 Å². The standard InChI is InChI=1S/C20H20/c1-2-14-7-10-18-16(13-14)9-12-19-17-6-4-3-5-15(17)8-11-20(18)19/h3-6,8-9,12-14H,2,7,10-11H2,1H3/t14-/m1/s1. The molecule has 0 bridgehead atoms. The summed E-state index contributed by atoms with van der Waals surface area (Å²) in [7, 11) is 0. The molecule has 4 rings (SSSR count). The predicted octanol–water partition coefficient (Wildman–Crippen LogP) is 3.06. The van der Waals surface area contributed by atoms with E-state index in [9.17, 15) is 0 Å². The molecule has 0 heteroatoms. The van der Waals surface area contributed by atoms with Crippen LogP contribution in [-0.2, 0) is 12.8 Å². The summed E-state index contributed by atoms with van der Waals surface area (Å²) in [5.74, 6) is 0.778. The van der Waals surface area contributed by atoms with Crippen LogP contribution in [0.4, 0.5) is 0 Å². The van der Waals surface area contributed by atoms with E-state index in [1.807, 2.05) is 0 Å². The van der Waals surface area contributed by atoms with Crippen LogP contribution in [0.15, 0.2) is 36.4 Å². The number of fused-ring (bicyclic) bond motifs is 4. The van der Waals surface area contributed by atoms with Crippen LogP contribution in [-0.4, -0.2) is 0 Å². The second-order valence-electron chi connectivity index (χ2n) is 6.03. The number of benzene rings is 2. The zero-order chi connectivity index (χ0) is 13.5. The maximum atomic E-state index is 2.50. The van der Waals surface area contributed by atoms with Crippen molar-refractivity contribution in [2.75, 3.05) is 0 Å². The third-order valence-electron chi connectivity index (χ3n) is 4.95. The zero-order valence-corrected chi connectivity index (χ0v) is 12.0. The topological polar surface area (TPSA) is 0 Å². The Hall–Kier alpha value is -1.82. The van der Waals surface area contributed by atoms with Gasteiger partial charge in [0.15, 0.2) is 0 Å². The minimum atomic E-state index is 0.778. The van der Waals surface area contributed by atoms with Gasteiger partial charge in [0.1, 0.15) is 0 Å². The Balaban J connectivity index is 2.10. The number of hydrogen-bond acceptors (Lipinski definition) is 0. The Morgan fingerprint density at radius 3 is 2.75 bits per heavy atom. The summed E-state index contributed by atoms with van der Waals surface area (Å²) in [6.45, 7) is 2.30. The van der Waals surface area contributed by atoms with Crippen molar-refractivity contribution in [1.29, 1.82) is 0 Å². The van der Waals surface area contributed by atoms with E-state index in [2.05, 4.69) is 55.5 Å². The highest BCUT2D eigenvalue weighted by atomic mass is 14.2. The summed E-state index contributed by atoms with van der Waals surface area (Å²) >= 11 is 0. The maximum Gasteiger partial charge on any atom is -0.00791 e. The highest BCUT2D eigenvalue weighted by Gasteiger charge is 2.15. The van der Waals surface area contributed by atoms with E-state index < -0.39 is 0 Å². The van der Waals surface area contributed by atoms with Crippen LogP contribution in [0.2, 0.25) is 0 Å². The minimum absolute atomic E-state index is 0.778. The molecule has 0 saturated heterocycles. The summed E-state index contributed by atoms with van der Waals surface area (Å²) in [5.41, 5.74) is 3.19. The van der Waals surface area contributed by atoms with Crippen LogP contribution < -0.4 is 10.4 Å². The lowest BCUT2D eigenvalue weighted by Crippen LogP contribution is -2.22. The van der Waals surface area contributed by atoms with Crippen molar-refractivity contribution in [2.45, 2.75) is 32.6 Å². The minimum Gasteiger partial charge on any atom is -0.0739 e. The van der Waals surface area contributed by atoms with Gasteiger partial charge in [0.2, 0.25) is 0 Å². The van der Waals surface area contributed by atoms with Gasteiger partial charge >= 0.3 is 0 Å². The normalized spacial score (nSPS) is 19.1. The first-order valence-corrected chi connectivity index (χ1v) is 7.79. The predicted molar refractivity (Wildman–Crippen MR) is 84.5 cm³/mol. The third kappa shape index (κ3) is 1.75. The van der Waals surface area contributed by atoms with Gasteiger partial charge in [-0.1, -0.05) is 55.5 Å². The fourth-order valence-corrected chi connectivity index (χ4v) is 3.77. The van der Waals surface area contributed by atoms with Crippen LogP contribution in [0.5, 0.6) is 0 Å². The van der Waals surface area contributed by atoms with Crippen molar-refractivity contribution < 1.29 is 0 Å². The second kappa shape index (κ2) is 4.63. The van der Waals surface area contributed by atoms with Crippen LogP contribution in [0, 0.1) is 16.4 Å². The van der Waals surface area contributed by atoms with Crippen molar-refractivity contribution >= 4 is 12.2 Å². The molecule has 0 fully saturated rings. The molecule has 2 aliphatic rings. The van der Waals surface area contributed by atoms with Crippen molar-refractivity contribution in [3.63, 3.8) is 0 Å². The molecular formula is C20H20. The smallest absolute Gasteiger partial charge is 0.00791 e. The van der Waals surface area contributed by atoms with Crippen molar-refractivity contribution in [3.8, 4) is 0 Å². The molecule has 20 heavy (non-hydrogen) atoms. The van der Waals surface area contributed by atoms with Gasteiger partial charge in [-0.2, -0.15) is 0 Å². The van der Waals surface area contributed by atoms with E-state index in [-0.39, 0.29) is 0 Å². The molecule has 0 amide bonds. The highest BCUT2D eigenvalue weighted by molar-refractivity contribution is 5.48. The lowest BCUT2D eigenvalue weighted by Gasteiger charge is -2.20. The summed E-state index contributed by atoms with van der Waals surface area (Å²) in [6, 6.07) is 13.5. The number of rotatable bonds is 1. The monoisotopic (exact) mass is 260 g/mol. The summed E-state index contributed by atoms with van der Waals surface area (Å²) in [5, 5.41) is 5.76. The van der Waals surface area contributed by atoms with Gasteiger partial charge in [-0.05, 0) is 63.6 Å². The van der Waals surface area contributed by atoms with E-state index in [0.717, 1.165) is 12.3 Å². The van der Waals surface area contributed by atoms with Crippen LogP contribution in [0.1, 0.15) is 30.9 Å². The largest absolute Gasteiger partial charge is 0.0739 e. The first-order valence-electron chi connectivity index (χ1n) is 7.79. The Bertz CT molecular complexity index is 871. The lowest BCUT2D eigenvalue weighted by molar-refractivity contribution is 0.585. The fraction of sp³-hybridized carbons (Fsp3) is 0.300. The highest BCUT2D eigenvalue weighted by Crippen LogP contribution is 2.22. The third-order valence-corrected chi connectivity index (χ3v) is 4.95. The van der Waals surface area contributed by atoms with Gasteiger partial charge in [-0.25, -0.2) is 0 Å². The van der Waals surface area contributed by atoms with Crippen molar-refractivity contribution in [1.82, 2.24) is 0 Å². The zero-order valence-electron chi connectivity index (χ0n) is 12.0. The molecule has 0 radical (unpaired) electrons. The summed E-state index contributed by atoms with van der Waals surface area (Å²) in [4.78, 5) is 0. The van der Waals surface area contributed by atoms with E-state index in [0.29, 0.717) is 0 Å². The quantitative estimate of drug-likeness (QED) is 0.739. The molecular weight excluding hydrogens is 240 g/mol. The average molecular weight is 260 g/mol. The molecule has 0 aliphatic heterocycles. The summed E-state index contributed by atoms with van der Waals surface area (Å²) in [6.07, 6.45) is 9.83. The maximum absolute atomic E-state index is 2.50. The number of hydrogen-bond donors (Lipinski definition) is 0. The molecule has 2 aromatic carbocycles. The van der Waals surface area contributed by atoms with Crippen LogP contribution in [0.3, 0.4) is 0 Å². The van der Waals surface area contributed by atoms with Crippen LogP contribution >= 0.6 is 0 Å². The summed E-state index contributed by atoms with van der Waals surface area (Å²) < 4.78 is 0. The van der Waals surface area contributed by atoms with Gasteiger partial charge in [0.25, 0.3) is 0 Å². The first-order chi connectivity index (χ1) is 9.86. The molecule has 0 heterocycles. The molecule has 2 aliphatic carbocycles. The van der Waals surface area contributed by atoms with E-state index in [4.69, 9.17) is 0 Å². The Kier molecular flexibility index (Phi) is 2.77. The molecule has 0 spiro atoms. The Labute approximate surface area is 119 Å². The second-order valence-corrected chi connectivity index (χ2v) is 6.03. The van der Waals surface area contributed by atoms with E-state index in [1.54, 1.807) is 11.1 Å². The van der Waals surface area contributed by atoms with Gasteiger partial charge in [-0.15, -0.1) is 0 Å². The Morgan fingerprint density at radius 2 is 1.85 bits per heavy atom. The molecule has 0 N–H and O–H groups in total. The molecule has 0 aromatic heterocycles.